The number of hydrogen-bond donors (Lipinski definition) is 0. The summed E-state index contributed by atoms with van der Waals surface area (Å²) in [5.74, 6) is 0.338. The topological polar surface area (TPSA) is 60.5 Å². The average molecular weight is 197 g/mol. The molecule has 0 spiro atoms. The van der Waals surface area contributed by atoms with Crippen LogP contribution in [0.4, 0.5) is 5.82 Å². The molecule has 11 heavy (non-hydrogen) atoms. The Morgan fingerprint density at radius 2 is 2.00 bits per heavy atom. The Morgan fingerprint density at radius 1 is 1.45 bits per heavy atom. The summed E-state index contributed by atoms with van der Waals surface area (Å²) < 4.78 is 0. The second-order valence-electron chi connectivity index (χ2n) is 1.66. The molecule has 0 fully saturated rings. The quantitative estimate of drug-likeness (QED) is 0.472. The van der Waals surface area contributed by atoms with Crippen LogP contribution in [-0.2, 0) is 17.1 Å². The zero-order valence-electron chi connectivity index (χ0n) is 5.93. The van der Waals surface area contributed by atoms with Crippen molar-refractivity contribution in [2.45, 2.75) is 6.92 Å². The van der Waals surface area contributed by atoms with Crippen LogP contribution in [-0.4, -0.2) is 4.98 Å². The van der Waals surface area contributed by atoms with E-state index < -0.39 is 0 Å². The first-order valence-electron chi connectivity index (χ1n) is 2.66. The first-order chi connectivity index (χ1) is 4.79. The minimum absolute atomic E-state index is 0. The molecule has 1 aromatic rings. The van der Waals surface area contributed by atoms with Crippen molar-refractivity contribution in [2.75, 3.05) is 0 Å². The van der Waals surface area contributed by atoms with Crippen molar-refractivity contribution in [1.29, 1.82) is 5.26 Å². The minimum Gasteiger partial charge on any atom is -0.512 e. The summed E-state index contributed by atoms with van der Waals surface area (Å²) >= 11 is 0. The Kier molecular flexibility index (Phi) is 8.11. The number of nitrogens with zero attached hydrogens (tertiary/aromatic N) is 2. The number of nitrogens with one attached hydrogen (secondary N) is 1. The summed E-state index contributed by atoms with van der Waals surface area (Å²) in [4.78, 5) is 3.84. The Bertz CT molecular complexity index is 205. The van der Waals surface area contributed by atoms with Crippen molar-refractivity contribution < 1.29 is 17.1 Å². The molecule has 0 aromatic carbocycles. The van der Waals surface area contributed by atoms with E-state index in [1.54, 1.807) is 6.07 Å². The molecule has 1 aromatic heterocycles. The fourth-order valence-electron chi connectivity index (χ4n) is 0.543. The molecule has 0 saturated heterocycles. The maximum absolute atomic E-state index is 7.02. The van der Waals surface area contributed by atoms with Gasteiger partial charge in [-0.05, 0) is 6.92 Å². The van der Waals surface area contributed by atoms with E-state index >= 15 is 0 Å². The number of hydrogen-bond acceptors (Lipinski definition) is 2. The summed E-state index contributed by atoms with van der Waals surface area (Å²) in [7, 11) is 0. The van der Waals surface area contributed by atoms with Gasteiger partial charge in [-0.3, -0.25) is 0 Å². The Hall–Kier alpha value is -1.04. The predicted molar refractivity (Wildman–Crippen MR) is 37.9 cm³/mol. The normalized spacial score (nSPS) is 6.82. The van der Waals surface area contributed by atoms with Crippen LogP contribution in [0.2, 0.25) is 0 Å². The van der Waals surface area contributed by atoms with Gasteiger partial charge in [-0.15, -0.1) is 0 Å². The molecule has 0 atom stereocenters. The van der Waals surface area contributed by atoms with Gasteiger partial charge in [0, 0.05) is 0 Å². The van der Waals surface area contributed by atoms with Crippen LogP contribution < -0.4 is 0 Å². The SMILES string of the molecule is Cc1cccc([NH-])n1.[C-]#N.[Cu+2]. The van der Waals surface area contributed by atoms with Gasteiger partial charge < -0.3 is 22.6 Å². The molecule has 1 rings (SSSR count). The second kappa shape index (κ2) is 7.07. The van der Waals surface area contributed by atoms with Gasteiger partial charge in [0.25, 0.3) is 0 Å². The number of pyridine rings is 1. The van der Waals surface area contributed by atoms with Crippen molar-refractivity contribution in [3.05, 3.63) is 36.2 Å². The van der Waals surface area contributed by atoms with E-state index in [-0.39, 0.29) is 17.1 Å². The standard InChI is InChI=1S/C6H7N2.CN.Cu/c1-5-3-2-4-6(7)8-5;1-2;/h2-4H,1H3,(H-,7,8);;/q2*-1;+2. The molecule has 1 N–H and O–H groups in total. The third kappa shape index (κ3) is 5.41. The van der Waals surface area contributed by atoms with Crippen LogP contribution in [0.15, 0.2) is 18.2 Å². The van der Waals surface area contributed by atoms with Gasteiger partial charge in [0.2, 0.25) is 0 Å². The molecule has 0 aliphatic rings. The van der Waals surface area contributed by atoms with E-state index in [0.29, 0.717) is 5.82 Å². The van der Waals surface area contributed by atoms with Crippen molar-refractivity contribution in [2.24, 2.45) is 0 Å². The van der Waals surface area contributed by atoms with E-state index in [9.17, 15) is 0 Å². The molecular formula is C7H7CuN3. The zero-order valence-corrected chi connectivity index (χ0v) is 6.87. The fraction of sp³-hybridized carbons (Fsp3) is 0.143. The van der Waals surface area contributed by atoms with Crippen molar-refractivity contribution >= 4 is 5.82 Å². The van der Waals surface area contributed by atoms with Gasteiger partial charge in [-0.25, -0.2) is 0 Å². The molecule has 4 heteroatoms. The molecule has 0 aliphatic carbocycles. The van der Waals surface area contributed by atoms with Crippen LogP contribution >= 0.6 is 0 Å². The molecule has 0 unspecified atom stereocenters. The molecule has 0 amide bonds. The summed E-state index contributed by atoms with van der Waals surface area (Å²) in [5, 5.41) is 6.25. The number of aryl methyl sites for hydroxylation is 1. The Balaban J connectivity index is 0. The van der Waals surface area contributed by atoms with Crippen molar-refractivity contribution in [3.8, 4) is 0 Å². The van der Waals surface area contributed by atoms with Gasteiger partial charge in [0.05, 0.1) is 0 Å². The first kappa shape index (κ1) is 12.6. The van der Waals surface area contributed by atoms with E-state index in [0.717, 1.165) is 5.69 Å². The van der Waals surface area contributed by atoms with Gasteiger partial charge >= 0.3 is 17.1 Å². The molecule has 61 valence electrons. The van der Waals surface area contributed by atoms with Gasteiger partial charge in [-0.1, -0.05) is 29.7 Å². The Morgan fingerprint density at radius 3 is 2.27 bits per heavy atom. The predicted octanol–water partition coefficient (Wildman–Crippen LogP) is 2.17. The van der Waals surface area contributed by atoms with E-state index in [1.165, 1.54) is 0 Å². The van der Waals surface area contributed by atoms with Crippen molar-refractivity contribution in [3.63, 3.8) is 0 Å². The van der Waals surface area contributed by atoms with Gasteiger partial charge in [0.15, 0.2) is 0 Å². The molecule has 0 saturated carbocycles. The smallest absolute Gasteiger partial charge is 0.512 e. The van der Waals surface area contributed by atoms with Gasteiger partial charge in [0.1, 0.15) is 0 Å². The summed E-state index contributed by atoms with van der Waals surface area (Å²) in [5.41, 5.74) is 7.93. The Labute approximate surface area is 76.7 Å². The summed E-state index contributed by atoms with van der Waals surface area (Å²) in [6, 6.07) is 5.36. The second-order valence-corrected chi connectivity index (χ2v) is 1.66. The van der Waals surface area contributed by atoms with Crippen LogP contribution in [0, 0.1) is 18.8 Å². The van der Waals surface area contributed by atoms with E-state index in [4.69, 9.17) is 17.6 Å². The fourth-order valence-corrected chi connectivity index (χ4v) is 0.543. The van der Waals surface area contributed by atoms with E-state index in [1.807, 2.05) is 19.1 Å². The van der Waals surface area contributed by atoms with Crippen LogP contribution in [0.1, 0.15) is 5.69 Å². The maximum atomic E-state index is 7.02. The van der Waals surface area contributed by atoms with E-state index in [2.05, 4.69) is 4.98 Å². The minimum atomic E-state index is 0. The molecule has 1 radical (unpaired) electrons. The number of aromatic nitrogens is 1. The average Bonchev–Trinajstić information content (AvgIpc) is 1.91. The first-order valence-corrected chi connectivity index (χ1v) is 2.66. The molecule has 0 aliphatic heterocycles. The third-order valence-electron chi connectivity index (χ3n) is 0.888. The molecular weight excluding hydrogens is 190 g/mol. The monoisotopic (exact) mass is 196 g/mol. The van der Waals surface area contributed by atoms with Crippen molar-refractivity contribution in [1.82, 2.24) is 4.98 Å². The van der Waals surface area contributed by atoms with Crippen LogP contribution in [0.25, 0.3) is 5.73 Å². The van der Waals surface area contributed by atoms with Crippen LogP contribution in [0.5, 0.6) is 0 Å². The zero-order chi connectivity index (χ0) is 7.98. The molecule has 3 nitrogen and oxygen atoms in total. The number of rotatable bonds is 0. The summed E-state index contributed by atoms with van der Waals surface area (Å²) in [6.07, 6.45) is 0. The van der Waals surface area contributed by atoms with Gasteiger partial charge in [-0.2, -0.15) is 0 Å². The molecule has 0 bridgehead atoms. The summed E-state index contributed by atoms with van der Waals surface area (Å²) in [6.45, 7) is 6.62. The molecule has 1 heterocycles. The third-order valence-corrected chi connectivity index (χ3v) is 0.888. The largest absolute Gasteiger partial charge is 2.00 e. The maximum Gasteiger partial charge on any atom is 2.00 e. The van der Waals surface area contributed by atoms with Crippen LogP contribution in [0.3, 0.4) is 0 Å².